The highest BCUT2D eigenvalue weighted by molar-refractivity contribution is 4.98. The molecule has 0 spiro atoms. The standard InChI is InChI=1S/C9H16O4/c1-10-6-8-9(12-3)7(11-2)4-5-13-8/h4-5,7-9H,6H2,1-3H3/t7-,8-,9-/m1/s1. The van der Waals surface area contributed by atoms with Gasteiger partial charge in [-0.25, -0.2) is 0 Å². The van der Waals surface area contributed by atoms with Crippen molar-refractivity contribution in [3.8, 4) is 0 Å². The molecule has 0 unspecified atom stereocenters. The SMILES string of the molecule is COC[C@H]1OC=C[C@@H](OC)[C@H]1OC. The molecule has 0 fully saturated rings. The molecule has 1 heterocycles. The van der Waals surface area contributed by atoms with E-state index in [-0.39, 0.29) is 18.3 Å². The van der Waals surface area contributed by atoms with Gasteiger partial charge in [0.05, 0.1) is 12.9 Å². The normalized spacial score (nSPS) is 33.0. The van der Waals surface area contributed by atoms with Gasteiger partial charge in [-0.15, -0.1) is 0 Å². The molecule has 0 aromatic rings. The summed E-state index contributed by atoms with van der Waals surface area (Å²) in [5.74, 6) is 0. The van der Waals surface area contributed by atoms with Crippen molar-refractivity contribution >= 4 is 0 Å². The first-order chi connectivity index (χ1) is 6.33. The van der Waals surface area contributed by atoms with E-state index in [1.165, 1.54) is 0 Å². The van der Waals surface area contributed by atoms with Gasteiger partial charge in [0.15, 0.2) is 0 Å². The van der Waals surface area contributed by atoms with Crippen molar-refractivity contribution in [1.82, 2.24) is 0 Å². The van der Waals surface area contributed by atoms with Crippen molar-refractivity contribution in [3.05, 3.63) is 12.3 Å². The highest BCUT2D eigenvalue weighted by atomic mass is 16.6. The molecule has 3 atom stereocenters. The number of methoxy groups -OCH3 is 3. The Hall–Kier alpha value is -0.580. The second-order valence-corrected chi connectivity index (χ2v) is 2.86. The zero-order valence-corrected chi connectivity index (χ0v) is 8.23. The third kappa shape index (κ3) is 2.43. The maximum Gasteiger partial charge on any atom is 0.150 e. The molecule has 0 radical (unpaired) electrons. The monoisotopic (exact) mass is 188 g/mol. The van der Waals surface area contributed by atoms with Gasteiger partial charge in [0.25, 0.3) is 0 Å². The van der Waals surface area contributed by atoms with Crippen molar-refractivity contribution in [2.75, 3.05) is 27.9 Å². The van der Waals surface area contributed by atoms with E-state index in [4.69, 9.17) is 18.9 Å². The lowest BCUT2D eigenvalue weighted by Gasteiger charge is -2.32. The van der Waals surface area contributed by atoms with Gasteiger partial charge in [0.1, 0.15) is 18.3 Å². The average molecular weight is 188 g/mol. The first-order valence-electron chi connectivity index (χ1n) is 4.20. The van der Waals surface area contributed by atoms with Gasteiger partial charge in [0.2, 0.25) is 0 Å². The van der Waals surface area contributed by atoms with Crippen LogP contribution in [0.2, 0.25) is 0 Å². The Labute approximate surface area is 78.4 Å². The van der Waals surface area contributed by atoms with Crippen molar-refractivity contribution in [3.63, 3.8) is 0 Å². The highest BCUT2D eigenvalue weighted by Crippen LogP contribution is 2.17. The molecule has 1 rings (SSSR count). The Kier molecular flexibility index (Phi) is 4.21. The minimum Gasteiger partial charge on any atom is -0.493 e. The van der Waals surface area contributed by atoms with Crippen molar-refractivity contribution in [2.45, 2.75) is 18.3 Å². The van der Waals surface area contributed by atoms with Gasteiger partial charge in [-0.1, -0.05) is 0 Å². The van der Waals surface area contributed by atoms with Crippen molar-refractivity contribution in [2.24, 2.45) is 0 Å². The first kappa shape index (κ1) is 10.5. The molecule has 76 valence electrons. The lowest BCUT2D eigenvalue weighted by atomic mass is 10.1. The fourth-order valence-corrected chi connectivity index (χ4v) is 1.42. The average Bonchev–Trinajstić information content (AvgIpc) is 2.18. The minimum absolute atomic E-state index is 0.0566. The van der Waals surface area contributed by atoms with Crippen molar-refractivity contribution < 1.29 is 18.9 Å². The summed E-state index contributed by atoms with van der Waals surface area (Å²) in [6.07, 6.45) is 3.21. The number of rotatable bonds is 4. The predicted octanol–water partition coefficient (Wildman–Crippen LogP) is 0.575. The van der Waals surface area contributed by atoms with Crippen LogP contribution in [0.1, 0.15) is 0 Å². The van der Waals surface area contributed by atoms with E-state index in [0.29, 0.717) is 6.61 Å². The van der Waals surface area contributed by atoms with Gasteiger partial charge < -0.3 is 18.9 Å². The van der Waals surface area contributed by atoms with Crippen LogP contribution in [0, 0.1) is 0 Å². The third-order valence-corrected chi connectivity index (χ3v) is 2.09. The van der Waals surface area contributed by atoms with Crippen LogP contribution in [0.25, 0.3) is 0 Å². The van der Waals surface area contributed by atoms with Crippen LogP contribution in [0.5, 0.6) is 0 Å². The van der Waals surface area contributed by atoms with E-state index < -0.39 is 0 Å². The van der Waals surface area contributed by atoms with E-state index >= 15 is 0 Å². The molecular weight excluding hydrogens is 172 g/mol. The fraction of sp³-hybridized carbons (Fsp3) is 0.778. The molecule has 0 aliphatic carbocycles. The smallest absolute Gasteiger partial charge is 0.150 e. The van der Waals surface area contributed by atoms with Gasteiger partial charge in [-0.2, -0.15) is 0 Å². The maximum absolute atomic E-state index is 5.34. The summed E-state index contributed by atoms with van der Waals surface area (Å²) < 4.78 is 20.9. The summed E-state index contributed by atoms with van der Waals surface area (Å²) in [7, 11) is 4.92. The minimum atomic E-state index is -0.102. The molecule has 0 bridgehead atoms. The summed E-state index contributed by atoms with van der Waals surface area (Å²) >= 11 is 0. The van der Waals surface area contributed by atoms with Gasteiger partial charge in [-0.05, 0) is 6.08 Å². The fourth-order valence-electron chi connectivity index (χ4n) is 1.42. The molecule has 0 N–H and O–H groups in total. The van der Waals surface area contributed by atoms with Crippen LogP contribution in [-0.2, 0) is 18.9 Å². The molecule has 13 heavy (non-hydrogen) atoms. The summed E-state index contributed by atoms with van der Waals surface area (Å²) in [4.78, 5) is 0. The van der Waals surface area contributed by atoms with Crippen LogP contribution < -0.4 is 0 Å². The molecule has 0 aromatic heterocycles. The van der Waals surface area contributed by atoms with Crippen LogP contribution in [-0.4, -0.2) is 46.2 Å². The second kappa shape index (κ2) is 5.21. The number of hydrogen-bond donors (Lipinski definition) is 0. The Morgan fingerprint density at radius 3 is 2.54 bits per heavy atom. The van der Waals surface area contributed by atoms with Crippen molar-refractivity contribution in [1.29, 1.82) is 0 Å². The van der Waals surface area contributed by atoms with E-state index in [9.17, 15) is 0 Å². The zero-order valence-electron chi connectivity index (χ0n) is 8.23. The Morgan fingerprint density at radius 1 is 1.23 bits per heavy atom. The van der Waals surface area contributed by atoms with Crippen LogP contribution in [0.15, 0.2) is 12.3 Å². The first-order valence-corrected chi connectivity index (χ1v) is 4.20. The molecule has 0 aromatic carbocycles. The Morgan fingerprint density at radius 2 is 2.00 bits per heavy atom. The topological polar surface area (TPSA) is 36.9 Å². The van der Waals surface area contributed by atoms with Crippen LogP contribution in [0.3, 0.4) is 0 Å². The van der Waals surface area contributed by atoms with Crippen LogP contribution >= 0.6 is 0 Å². The highest BCUT2D eigenvalue weighted by Gasteiger charge is 2.32. The van der Waals surface area contributed by atoms with E-state index in [0.717, 1.165) is 0 Å². The molecular formula is C9H16O4. The van der Waals surface area contributed by atoms with E-state index in [1.807, 2.05) is 6.08 Å². The molecule has 0 saturated carbocycles. The summed E-state index contributed by atoms with van der Waals surface area (Å²) in [6, 6.07) is 0. The second-order valence-electron chi connectivity index (χ2n) is 2.86. The Bertz CT molecular complexity index is 169. The molecule has 1 aliphatic rings. The third-order valence-electron chi connectivity index (χ3n) is 2.09. The molecule has 0 amide bonds. The summed E-state index contributed by atoms with van der Waals surface area (Å²) in [6.45, 7) is 0.503. The lowest BCUT2D eigenvalue weighted by Crippen LogP contribution is -2.44. The molecule has 0 saturated heterocycles. The van der Waals surface area contributed by atoms with E-state index in [1.54, 1.807) is 27.6 Å². The number of ether oxygens (including phenoxy) is 4. The van der Waals surface area contributed by atoms with Gasteiger partial charge in [0, 0.05) is 21.3 Å². The van der Waals surface area contributed by atoms with E-state index in [2.05, 4.69) is 0 Å². The molecule has 1 aliphatic heterocycles. The molecule has 4 heteroatoms. The lowest BCUT2D eigenvalue weighted by molar-refractivity contribution is -0.113. The summed E-state index contributed by atoms with van der Waals surface area (Å²) in [5, 5.41) is 0. The maximum atomic E-state index is 5.34. The largest absolute Gasteiger partial charge is 0.493 e. The van der Waals surface area contributed by atoms with Gasteiger partial charge >= 0.3 is 0 Å². The van der Waals surface area contributed by atoms with Crippen LogP contribution in [0.4, 0.5) is 0 Å². The predicted molar refractivity (Wildman–Crippen MR) is 47.5 cm³/mol. The van der Waals surface area contributed by atoms with Gasteiger partial charge in [-0.3, -0.25) is 0 Å². The zero-order chi connectivity index (χ0) is 9.68. The quantitative estimate of drug-likeness (QED) is 0.646. The number of hydrogen-bond acceptors (Lipinski definition) is 4. The Balaban J connectivity index is 2.59. The summed E-state index contributed by atoms with van der Waals surface area (Å²) in [5.41, 5.74) is 0. The molecule has 4 nitrogen and oxygen atoms in total.